The maximum absolute atomic E-state index is 14.3. The van der Waals surface area contributed by atoms with Crippen LogP contribution in [0.25, 0.3) is 0 Å². The van der Waals surface area contributed by atoms with Crippen molar-refractivity contribution < 1.29 is 28.6 Å². The second-order valence-corrected chi connectivity index (χ2v) is 10.9. The Hall–Kier alpha value is -4.59. The molecule has 0 aromatic heterocycles. The van der Waals surface area contributed by atoms with E-state index in [1.807, 2.05) is 54.6 Å². The number of benzene rings is 3. The van der Waals surface area contributed by atoms with Crippen molar-refractivity contribution in [3.63, 3.8) is 0 Å². The molecule has 0 saturated carbocycles. The number of carbonyl (C=O) groups is 3. The number of nitrogens with zero attached hydrogens (tertiary/aromatic N) is 1. The number of rotatable bonds is 9. The Morgan fingerprint density at radius 1 is 0.884 bits per heavy atom. The SMILES string of the molecule is CCCCCC(=O)N1c2ccccc2NC2=C(C(=O)C[C@@H](c3ccc(OC)c(OC)c3)C2)[C@@H]1c1ccc(C(=O)OC)cc1. The van der Waals surface area contributed by atoms with E-state index < -0.39 is 12.0 Å². The molecular weight excluding hydrogens is 544 g/mol. The van der Waals surface area contributed by atoms with Gasteiger partial charge in [-0.1, -0.05) is 50.1 Å². The van der Waals surface area contributed by atoms with Crippen LogP contribution in [0.2, 0.25) is 0 Å². The van der Waals surface area contributed by atoms with E-state index in [0.717, 1.165) is 47.5 Å². The van der Waals surface area contributed by atoms with Crippen LogP contribution in [-0.2, 0) is 14.3 Å². The number of carbonyl (C=O) groups excluding carboxylic acids is 3. The summed E-state index contributed by atoms with van der Waals surface area (Å²) < 4.78 is 15.9. The van der Waals surface area contributed by atoms with Crippen molar-refractivity contribution >= 4 is 29.0 Å². The van der Waals surface area contributed by atoms with E-state index in [4.69, 9.17) is 14.2 Å². The van der Waals surface area contributed by atoms with Crippen molar-refractivity contribution in [1.29, 1.82) is 0 Å². The zero-order chi connectivity index (χ0) is 30.5. The van der Waals surface area contributed by atoms with Crippen molar-refractivity contribution in [2.24, 2.45) is 0 Å². The van der Waals surface area contributed by atoms with Crippen LogP contribution in [0, 0.1) is 0 Å². The number of esters is 1. The third-order valence-electron chi connectivity index (χ3n) is 8.28. The van der Waals surface area contributed by atoms with Crippen LogP contribution >= 0.6 is 0 Å². The lowest BCUT2D eigenvalue weighted by atomic mass is 9.78. The van der Waals surface area contributed by atoms with E-state index >= 15 is 0 Å². The third kappa shape index (κ3) is 6.00. The zero-order valence-corrected chi connectivity index (χ0v) is 25.1. The van der Waals surface area contributed by atoms with E-state index in [9.17, 15) is 14.4 Å². The minimum absolute atomic E-state index is 0.0326. The molecule has 1 N–H and O–H groups in total. The summed E-state index contributed by atoms with van der Waals surface area (Å²) in [6, 6.07) is 19.8. The molecular formula is C35H38N2O6. The number of allylic oxidation sites excluding steroid dienone is 1. The monoisotopic (exact) mass is 582 g/mol. The van der Waals surface area contributed by atoms with Crippen LogP contribution in [0.4, 0.5) is 11.4 Å². The largest absolute Gasteiger partial charge is 0.493 e. The van der Waals surface area contributed by atoms with Gasteiger partial charge < -0.3 is 19.5 Å². The first kappa shape index (κ1) is 29.9. The number of hydrogen-bond acceptors (Lipinski definition) is 7. The fraction of sp³-hybridized carbons (Fsp3) is 0.343. The molecule has 1 aliphatic carbocycles. The molecule has 3 aromatic carbocycles. The lowest BCUT2D eigenvalue weighted by molar-refractivity contribution is -0.119. The minimum Gasteiger partial charge on any atom is -0.493 e. The van der Waals surface area contributed by atoms with Gasteiger partial charge in [0.25, 0.3) is 0 Å². The zero-order valence-electron chi connectivity index (χ0n) is 25.1. The van der Waals surface area contributed by atoms with Crippen LogP contribution in [0.1, 0.15) is 78.9 Å². The fourth-order valence-corrected chi connectivity index (χ4v) is 6.09. The topological polar surface area (TPSA) is 94.2 Å². The van der Waals surface area contributed by atoms with E-state index in [-0.39, 0.29) is 24.0 Å². The predicted octanol–water partition coefficient (Wildman–Crippen LogP) is 6.97. The second-order valence-electron chi connectivity index (χ2n) is 10.9. The number of para-hydroxylation sites is 2. The number of fused-ring (bicyclic) bond motifs is 1. The first-order chi connectivity index (χ1) is 20.9. The number of hydrogen-bond donors (Lipinski definition) is 1. The lowest BCUT2D eigenvalue weighted by Crippen LogP contribution is -2.38. The summed E-state index contributed by atoms with van der Waals surface area (Å²) in [6.45, 7) is 2.11. The Bertz CT molecular complexity index is 1540. The summed E-state index contributed by atoms with van der Waals surface area (Å²) in [4.78, 5) is 42.3. The van der Waals surface area contributed by atoms with Gasteiger partial charge in [0.1, 0.15) is 0 Å². The molecule has 2 atom stereocenters. The summed E-state index contributed by atoms with van der Waals surface area (Å²) in [6.07, 6.45) is 3.91. The van der Waals surface area contributed by atoms with Gasteiger partial charge in [0.15, 0.2) is 17.3 Å². The van der Waals surface area contributed by atoms with Crippen molar-refractivity contribution in [3.05, 3.63) is 94.7 Å². The van der Waals surface area contributed by atoms with Gasteiger partial charge in [0, 0.05) is 24.1 Å². The highest BCUT2D eigenvalue weighted by molar-refractivity contribution is 6.06. The van der Waals surface area contributed by atoms with Crippen LogP contribution < -0.4 is 19.7 Å². The fourth-order valence-electron chi connectivity index (χ4n) is 6.09. The van der Waals surface area contributed by atoms with Gasteiger partial charge in [-0.15, -0.1) is 0 Å². The molecule has 8 heteroatoms. The standard InChI is InChI=1S/C35H38N2O6/c1-5-6-7-12-32(39)37-28-11-9-8-10-26(28)36-27-19-25(24-17-18-30(41-2)31(21-24)42-3)20-29(38)33(27)34(37)22-13-15-23(16-14-22)35(40)43-4/h8-11,13-18,21,25,34,36H,5-7,12,19-20H2,1-4H3/t25-,34-/m0/s1. The molecule has 1 amide bonds. The van der Waals surface area contributed by atoms with Gasteiger partial charge in [-0.3, -0.25) is 14.5 Å². The van der Waals surface area contributed by atoms with Gasteiger partial charge >= 0.3 is 5.97 Å². The Labute approximate surface area is 252 Å². The molecule has 8 nitrogen and oxygen atoms in total. The number of unbranched alkanes of at least 4 members (excludes halogenated alkanes) is 2. The average molecular weight is 583 g/mol. The Morgan fingerprint density at radius 3 is 2.30 bits per heavy atom. The summed E-state index contributed by atoms with van der Waals surface area (Å²) >= 11 is 0. The normalized spacial score (nSPS) is 17.8. The number of nitrogens with one attached hydrogen (secondary N) is 1. The Balaban J connectivity index is 1.64. The number of ether oxygens (including phenoxy) is 3. The molecule has 224 valence electrons. The molecule has 3 aromatic rings. The molecule has 5 rings (SSSR count). The molecule has 1 aliphatic heterocycles. The Morgan fingerprint density at radius 2 is 1.60 bits per heavy atom. The summed E-state index contributed by atoms with van der Waals surface area (Å²) in [5, 5.41) is 3.57. The van der Waals surface area contributed by atoms with Crippen molar-refractivity contribution in [3.8, 4) is 11.5 Å². The highest BCUT2D eigenvalue weighted by Gasteiger charge is 2.41. The third-order valence-corrected chi connectivity index (χ3v) is 8.28. The average Bonchev–Trinajstić information content (AvgIpc) is 3.19. The molecule has 0 unspecified atom stereocenters. The highest BCUT2D eigenvalue weighted by Crippen LogP contribution is 2.48. The second kappa shape index (κ2) is 13.2. The van der Waals surface area contributed by atoms with Crippen LogP contribution in [-0.4, -0.2) is 39.0 Å². The Kier molecular flexibility index (Phi) is 9.14. The molecule has 2 aliphatic rings. The van der Waals surface area contributed by atoms with Crippen LogP contribution in [0.15, 0.2) is 78.0 Å². The van der Waals surface area contributed by atoms with Crippen LogP contribution in [0.3, 0.4) is 0 Å². The lowest BCUT2D eigenvalue weighted by Gasteiger charge is -2.35. The predicted molar refractivity (Wildman–Crippen MR) is 166 cm³/mol. The van der Waals surface area contributed by atoms with E-state index in [1.165, 1.54) is 7.11 Å². The first-order valence-corrected chi connectivity index (χ1v) is 14.7. The van der Waals surface area contributed by atoms with Gasteiger partial charge in [-0.05, 0) is 66.3 Å². The highest BCUT2D eigenvalue weighted by atomic mass is 16.5. The molecule has 0 radical (unpaired) electrons. The van der Waals surface area contributed by atoms with Gasteiger partial charge in [-0.2, -0.15) is 0 Å². The van der Waals surface area contributed by atoms with E-state index in [1.54, 1.807) is 31.3 Å². The smallest absolute Gasteiger partial charge is 0.337 e. The maximum Gasteiger partial charge on any atom is 0.337 e. The minimum atomic E-state index is -0.661. The van der Waals surface area contributed by atoms with Gasteiger partial charge in [0.2, 0.25) is 5.91 Å². The maximum atomic E-state index is 14.3. The summed E-state index contributed by atoms with van der Waals surface area (Å²) in [7, 11) is 4.53. The van der Waals surface area contributed by atoms with Crippen molar-refractivity contribution in [1.82, 2.24) is 0 Å². The van der Waals surface area contributed by atoms with Gasteiger partial charge in [0.05, 0.1) is 44.3 Å². The number of Topliss-reactive ketones (excluding diaryl/α,β-unsaturated/α-hetero) is 1. The van der Waals surface area contributed by atoms with Crippen molar-refractivity contribution in [2.45, 2.75) is 57.4 Å². The number of anilines is 2. The first-order valence-electron chi connectivity index (χ1n) is 14.7. The molecule has 1 heterocycles. The number of amides is 1. The molecule has 43 heavy (non-hydrogen) atoms. The molecule has 0 spiro atoms. The quantitative estimate of drug-likeness (QED) is 0.215. The van der Waals surface area contributed by atoms with Crippen LogP contribution in [0.5, 0.6) is 11.5 Å². The summed E-state index contributed by atoms with van der Waals surface area (Å²) in [5.74, 6) is 0.614. The number of ketones is 1. The van der Waals surface area contributed by atoms with E-state index in [2.05, 4.69) is 12.2 Å². The number of methoxy groups -OCH3 is 3. The van der Waals surface area contributed by atoms with Gasteiger partial charge in [-0.25, -0.2) is 4.79 Å². The van der Waals surface area contributed by atoms with E-state index in [0.29, 0.717) is 35.5 Å². The van der Waals surface area contributed by atoms with Crippen molar-refractivity contribution in [2.75, 3.05) is 31.5 Å². The molecule has 0 saturated heterocycles. The molecule has 0 fully saturated rings. The molecule has 0 bridgehead atoms. The summed E-state index contributed by atoms with van der Waals surface area (Å²) in [5.41, 5.74) is 4.97.